The number of amidine groups is 1. The molecule has 166 valence electrons. The number of ether oxygens (including phenoxy) is 1. The first-order valence-corrected chi connectivity index (χ1v) is 9.57. The number of anilines is 1. The summed E-state index contributed by atoms with van der Waals surface area (Å²) in [5.74, 6) is -2.49. The predicted molar refractivity (Wildman–Crippen MR) is 115 cm³/mol. The third-order valence-corrected chi connectivity index (χ3v) is 5.03. The minimum absolute atomic E-state index is 0.0626. The number of nitrogens with zero attached hydrogens (tertiary/aromatic N) is 3. The molecule has 1 amide bonds. The Kier molecular flexibility index (Phi) is 6.76. The highest BCUT2D eigenvalue weighted by molar-refractivity contribution is 6.58. The normalized spacial score (nSPS) is 23.0. The van der Waals surface area contributed by atoms with Crippen LogP contribution in [0, 0.1) is 5.82 Å². The van der Waals surface area contributed by atoms with Crippen molar-refractivity contribution in [1.82, 2.24) is 9.97 Å². The fraction of sp³-hybridized carbons (Fsp3) is 0.368. The highest BCUT2D eigenvalue weighted by Crippen LogP contribution is 2.41. The van der Waals surface area contributed by atoms with Gasteiger partial charge in [-0.15, -0.1) is 0 Å². The van der Waals surface area contributed by atoms with Gasteiger partial charge in [0.25, 0.3) is 5.91 Å². The maximum Gasteiger partial charge on any atom is 0.275 e. The predicted octanol–water partition coefficient (Wildman–Crippen LogP) is 1.36. The molecule has 0 saturated carbocycles. The van der Waals surface area contributed by atoms with Crippen LogP contribution in [0.15, 0.2) is 35.6 Å². The smallest absolute Gasteiger partial charge is 0.275 e. The molecule has 1 aromatic carbocycles. The number of amides is 1. The van der Waals surface area contributed by atoms with E-state index < -0.39 is 53.8 Å². The Morgan fingerprint density at radius 1 is 1.18 bits per heavy atom. The zero-order chi connectivity index (χ0) is 24.4. The number of hydrogen-bond donors (Lipinski definition) is 2. The van der Waals surface area contributed by atoms with Crippen LogP contribution in [-0.4, -0.2) is 69.6 Å². The molecular formula is C19H16B3F4N5O2. The third-order valence-electron chi connectivity index (χ3n) is 5.03. The second kappa shape index (κ2) is 9.07. The monoisotopic (exact) mass is 455 g/mol. The minimum Gasteiger partial charge on any atom is -0.500 e. The lowest BCUT2D eigenvalue weighted by Gasteiger charge is -2.37. The molecular weight excluding hydrogens is 439 g/mol. The summed E-state index contributed by atoms with van der Waals surface area (Å²) in [6.07, 6.45) is 1.28. The zero-order valence-corrected chi connectivity index (χ0v) is 17.2. The van der Waals surface area contributed by atoms with E-state index in [1.807, 2.05) is 0 Å². The average Bonchev–Trinajstić information content (AvgIpc) is 2.76. The van der Waals surface area contributed by atoms with E-state index in [1.165, 1.54) is 6.07 Å². The van der Waals surface area contributed by atoms with Crippen molar-refractivity contribution in [3.05, 3.63) is 47.7 Å². The third kappa shape index (κ3) is 5.31. The quantitative estimate of drug-likeness (QED) is 0.486. The van der Waals surface area contributed by atoms with Crippen LogP contribution in [0.1, 0.15) is 28.9 Å². The van der Waals surface area contributed by atoms with Crippen molar-refractivity contribution in [2.45, 2.75) is 29.3 Å². The highest BCUT2D eigenvalue weighted by atomic mass is 19.2. The number of aliphatic imine (C=N–C) groups is 1. The molecule has 0 aliphatic carbocycles. The molecule has 33 heavy (non-hydrogen) atoms. The van der Waals surface area contributed by atoms with Crippen LogP contribution in [0.3, 0.4) is 0 Å². The van der Waals surface area contributed by atoms with E-state index in [1.54, 1.807) is 0 Å². The first-order valence-electron chi connectivity index (χ1n) is 9.57. The molecule has 2 heterocycles. The van der Waals surface area contributed by atoms with Crippen LogP contribution < -0.4 is 15.8 Å². The van der Waals surface area contributed by atoms with Crippen LogP contribution in [0.2, 0.25) is 0 Å². The van der Waals surface area contributed by atoms with Crippen LogP contribution in [0.4, 0.5) is 23.2 Å². The molecule has 0 saturated heterocycles. The van der Waals surface area contributed by atoms with E-state index in [-0.39, 0.29) is 29.2 Å². The Labute approximate surface area is 190 Å². The Morgan fingerprint density at radius 3 is 2.45 bits per heavy atom. The fourth-order valence-corrected chi connectivity index (χ4v) is 3.24. The molecule has 1 aliphatic rings. The van der Waals surface area contributed by atoms with Crippen LogP contribution in [-0.2, 0) is 5.54 Å². The number of benzene rings is 1. The summed E-state index contributed by atoms with van der Waals surface area (Å²) in [5, 5.41) is 0.460. The maximum absolute atomic E-state index is 14.6. The summed E-state index contributed by atoms with van der Waals surface area (Å²) in [6, 6.07) is 3.34. The number of hydrogen-bond acceptors (Lipinski definition) is 6. The molecule has 6 radical (unpaired) electrons. The Morgan fingerprint density at radius 2 is 1.91 bits per heavy atom. The summed E-state index contributed by atoms with van der Waals surface area (Å²) in [6.45, 7) is -2.65. The Hall–Kier alpha value is -3.05. The van der Waals surface area contributed by atoms with Gasteiger partial charge in [-0.2, -0.15) is 0 Å². The minimum atomic E-state index is -2.53. The summed E-state index contributed by atoms with van der Waals surface area (Å²) in [4.78, 5) is 23.9. The molecule has 0 spiro atoms. The molecule has 0 fully saturated rings. The number of halogens is 4. The van der Waals surface area contributed by atoms with Crippen molar-refractivity contribution < 1.29 is 27.1 Å². The van der Waals surface area contributed by atoms with E-state index in [4.69, 9.17) is 34.0 Å². The molecule has 1 aromatic heterocycles. The van der Waals surface area contributed by atoms with Crippen molar-refractivity contribution >= 4 is 41.0 Å². The van der Waals surface area contributed by atoms with Gasteiger partial charge in [-0.1, -0.05) is 0 Å². The fourth-order valence-electron chi connectivity index (χ4n) is 3.24. The molecule has 2 aromatic rings. The van der Waals surface area contributed by atoms with E-state index in [0.29, 0.717) is 0 Å². The first-order chi connectivity index (χ1) is 15.4. The lowest BCUT2D eigenvalue weighted by molar-refractivity contribution is 0.102. The lowest BCUT2D eigenvalue weighted by Crippen LogP contribution is -2.49. The molecule has 3 rings (SSSR count). The van der Waals surface area contributed by atoms with Gasteiger partial charge in [-0.05, 0) is 36.3 Å². The van der Waals surface area contributed by atoms with E-state index in [9.17, 15) is 22.4 Å². The van der Waals surface area contributed by atoms with E-state index >= 15 is 0 Å². The van der Waals surface area contributed by atoms with E-state index in [0.717, 1.165) is 24.5 Å². The summed E-state index contributed by atoms with van der Waals surface area (Å²) >= 11 is 0. The molecule has 2 atom stereocenters. The van der Waals surface area contributed by atoms with Crippen molar-refractivity contribution in [1.29, 1.82) is 0 Å². The molecule has 14 heteroatoms. The molecule has 7 nitrogen and oxygen atoms in total. The highest BCUT2D eigenvalue weighted by Gasteiger charge is 2.47. The second-order valence-corrected chi connectivity index (χ2v) is 7.61. The van der Waals surface area contributed by atoms with Crippen LogP contribution in [0.25, 0.3) is 0 Å². The Balaban J connectivity index is 1.85. The maximum atomic E-state index is 14.6. The standard InChI is InChI=1S/C19H16B3F4N5O2/c20-19(21,22)33-14-7-28-13(6-29-14)15(32)30-10-1-2-12(25)11(5-10)18(9-24)4-3-17(26,8-23)16(27)31-18/h1-2,5-7H,3-4,8-9H2,(H2,27,31)(H,30,32)/t17-,18-/m1/s1. The molecule has 0 unspecified atom stereocenters. The van der Waals surface area contributed by atoms with E-state index in [2.05, 4.69) is 20.3 Å². The van der Waals surface area contributed by atoms with Crippen molar-refractivity contribution in [3.8, 4) is 5.88 Å². The summed E-state index contributed by atoms with van der Waals surface area (Å²) in [5.41, 5.74) is 0.770. The van der Waals surface area contributed by atoms with Gasteiger partial charge in [-0.3, -0.25) is 9.79 Å². The van der Waals surface area contributed by atoms with Gasteiger partial charge in [0.05, 0.1) is 12.4 Å². The first kappa shape index (κ1) is 24.6. The number of nitrogens with one attached hydrogen (secondary N) is 1. The molecule has 0 bridgehead atoms. The number of carbonyl (C=O) groups is 1. The van der Waals surface area contributed by atoms with Crippen molar-refractivity contribution in [2.24, 2.45) is 10.7 Å². The number of carbonyl (C=O) groups excluding carboxylic acids is 1. The van der Waals surface area contributed by atoms with Gasteiger partial charge in [-0.25, -0.2) is 27.5 Å². The molecule has 3 N–H and O–H groups in total. The average molecular weight is 455 g/mol. The van der Waals surface area contributed by atoms with Gasteiger partial charge in [0.2, 0.25) is 5.88 Å². The van der Waals surface area contributed by atoms with Crippen LogP contribution in [0.5, 0.6) is 5.88 Å². The van der Waals surface area contributed by atoms with Gasteiger partial charge >= 0.3 is 0 Å². The van der Waals surface area contributed by atoms with Crippen LogP contribution >= 0.6 is 0 Å². The lowest BCUT2D eigenvalue weighted by atomic mass is 9.52. The number of rotatable bonds is 7. The second-order valence-electron chi connectivity index (χ2n) is 7.61. The molecule has 1 aliphatic heterocycles. The number of nitrogens with two attached hydrogens (primary N) is 1. The van der Waals surface area contributed by atoms with Gasteiger partial charge in [0.15, 0.2) is 5.67 Å². The van der Waals surface area contributed by atoms with Gasteiger partial charge in [0, 0.05) is 11.3 Å². The number of alkyl halides is 3. The topological polar surface area (TPSA) is 102 Å². The largest absolute Gasteiger partial charge is 0.500 e. The SMILES string of the molecule is [B]C([B])([B])Oc1cnc(C(=O)Nc2ccc(F)c([C@]3(CF)CC[C@@](F)(CF)C(N)=N3)c2)cn1. The summed E-state index contributed by atoms with van der Waals surface area (Å²) in [7, 11) is 15.8. The van der Waals surface area contributed by atoms with Gasteiger partial charge < -0.3 is 15.8 Å². The van der Waals surface area contributed by atoms with Crippen molar-refractivity contribution in [2.75, 3.05) is 18.7 Å². The van der Waals surface area contributed by atoms with Gasteiger partial charge in [0.1, 0.15) is 59.8 Å². The number of aromatic nitrogens is 2. The zero-order valence-electron chi connectivity index (χ0n) is 17.2. The Bertz CT molecular complexity index is 1070. The van der Waals surface area contributed by atoms with Crippen molar-refractivity contribution in [3.63, 3.8) is 0 Å². The summed E-state index contributed by atoms with van der Waals surface area (Å²) < 4.78 is 61.0.